The maximum Gasteiger partial charge on any atom is 0.330 e. The van der Waals surface area contributed by atoms with Crippen molar-refractivity contribution in [1.82, 2.24) is 10.2 Å². The Morgan fingerprint density at radius 3 is 2.48 bits per heavy atom. The molecule has 1 fully saturated rings. The van der Waals surface area contributed by atoms with Gasteiger partial charge in [0.2, 0.25) is 5.91 Å². The van der Waals surface area contributed by atoms with Gasteiger partial charge in [-0.2, -0.15) is 0 Å². The third-order valence-electron chi connectivity index (χ3n) is 4.41. The SMILES string of the molecule is CCC1(c2ccccc2)C(=O)NC(=O)N(CCCC(=C=O)OC)C1=O. The lowest BCUT2D eigenvalue weighted by Crippen LogP contribution is -2.65. The number of imide groups is 2. The van der Waals surface area contributed by atoms with Crippen molar-refractivity contribution in [1.29, 1.82) is 0 Å². The van der Waals surface area contributed by atoms with Crippen molar-refractivity contribution >= 4 is 23.8 Å². The predicted molar refractivity (Wildman–Crippen MR) is 89.1 cm³/mol. The standard InChI is InChI=1S/C18H20N2O5/c1-3-18(13-8-5-4-6-9-13)15(22)19-17(24)20(16(18)23)11-7-10-14(12-21)25-2/h4-6,8-9H,3,7,10-11H2,1-2H3,(H,19,22,24). The number of carbonyl (C=O) groups is 3. The third-order valence-corrected chi connectivity index (χ3v) is 4.41. The fourth-order valence-corrected chi connectivity index (χ4v) is 2.98. The Morgan fingerprint density at radius 2 is 1.92 bits per heavy atom. The van der Waals surface area contributed by atoms with Crippen LogP contribution in [0.3, 0.4) is 0 Å². The van der Waals surface area contributed by atoms with Crippen molar-refractivity contribution < 1.29 is 23.9 Å². The number of hydrogen-bond donors (Lipinski definition) is 1. The Kier molecular flexibility index (Phi) is 5.72. The fourth-order valence-electron chi connectivity index (χ4n) is 2.98. The molecule has 1 N–H and O–H groups in total. The topological polar surface area (TPSA) is 92.8 Å². The molecule has 132 valence electrons. The summed E-state index contributed by atoms with van der Waals surface area (Å²) in [4.78, 5) is 49.4. The highest BCUT2D eigenvalue weighted by atomic mass is 16.5. The second-order valence-corrected chi connectivity index (χ2v) is 5.67. The van der Waals surface area contributed by atoms with Crippen LogP contribution in [-0.4, -0.2) is 42.3 Å². The molecule has 7 nitrogen and oxygen atoms in total. The van der Waals surface area contributed by atoms with E-state index in [1.54, 1.807) is 43.2 Å². The lowest BCUT2D eigenvalue weighted by molar-refractivity contribution is -0.145. The Labute approximate surface area is 145 Å². The van der Waals surface area contributed by atoms with Crippen LogP contribution in [0.4, 0.5) is 4.79 Å². The quantitative estimate of drug-likeness (QED) is 0.460. The molecule has 25 heavy (non-hydrogen) atoms. The first-order valence-electron chi connectivity index (χ1n) is 8.02. The lowest BCUT2D eigenvalue weighted by Gasteiger charge is -2.39. The largest absolute Gasteiger partial charge is 0.490 e. The van der Waals surface area contributed by atoms with Gasteiger partial charge in [0.05, 0.1) is 7.11 Å². The van der Waals surface area contributed by atoms with Gasteiger partial charge in [0.15, 0.2) is 17.1 Å². The van der Waals surface area contributed by atoms with Gasteiger partial charge in [-0.3, -0.25) is 19.8 Å². The average Bonchev–Trinajstić information content (AvgIpc) is 2.63. The van der Waals surface area contributed by atoms with Crippen LogP contribution < -0.4 is 5.32 Å². The van der Waals surface area contributed by atoms with Crippen molar-refractivity contribution in [2.75, 3.05) is 13.7 Å². The summed E-state index contributed by atoms with van der Waals surface area (Å²) in [5.41, 5.74) is -0.886. The number of urea groups is 1. The number of nitrogens with one attached hydrogen (secondary N) is 1. The van der Waals surface area contributed by atoms with Crippen molar-refractivity contribution in [3.63, 3.8) is 0 Å². The number of methoxy groups -OCH3 is 1. The number of nitrogens with zero attached hydrogens (tertiary/aromatic N) is 1. The van der Waals surface area contributed by atoms with Gasteiger partial charge in [0.25, 0.3) is 5.91 Å². The summed E-state index contributed by atoms with van der Waals surface area (Å²) in [6, 6.07) is 7.94. The first-order chi connectivity index (χ1) is 12.0. The maximum absolute atomic E-state index is 13.0. The Balaban J connectivity index is 2.28. The van der Waals surface area contributed by atoms with Crippen molar-refractivity contribution in [3.8, 4) is 0 Å². The lowest BCUT2D eigenvalue weighted by atomic mass is 9.74. The van der Waals surface area contributed by atoms with Crippen LogP contribution in [0.5, 0.6) is 0 Å². The molecule has 1 aliphatic heterocycles. The molecule has 2 rings (SSSR count). The molecule has 1 atom stereocenters. The summed E-state index contributed by atoms with van der Waals surface area (Å²) in [6.07, 6.45) is 0.804. The Morgan fingerprint density at radius 1 is 1.24 bits per heavy atom. The first kappa shape index (κ1) is 18.4. The van der Waals surface area contributed by atoms with Crippen LogP contribution in [0.2, 0.25) is 0 Å². The maximum atomic E-state index is 13.0. The molecule has 1 heterocycles. The van der Waals surface area contributed by atoms with Crippen LogP contribution in [0, 0.1) is 0 Å². The number of amides is 4. The van der Waals surface area contributed by atoms with E-state index in [-0.39, 0.29) is 25.1 Å². The zero-order valence-corrected chi connectivity index (χ0v) is 14.2. The summed E-state index contributed by atoms with van der Waals surface area (Å²) in [7, 11) is 1.36. The highest BCUT2D eigenvalue weighted by molar-refractivity contribution is 6.22. The van der Waals surface area contributed by atoms with E-state index in [4.69, 9.17) is 4.74 Å². The fraction of sp³-hybridized carbons (Fsp3) is 0.389. The molecule has 1 unspecified atom stereocenters. The third kappa shape index (κ3) is 3.32. The Hall–Kier alpha value is -2.92. The summed E-state index contributed by atoms with van der Waals surface area (Å²) < 4.78 is 4.83. The van der Waals surface area contributed by atoms with Crippen molar-refractivity contribution in [2.45, 2.75) is 31.6 Å². The van der Waals surface area contributed by atoms with Gasteiger partial charge in [0, 0.05) is 13.0 Å². The van der Waals surface area contributed by atoms with E-state index < -0.39 is 23.3 Å². The summed E-state index contributed by atoms with van der Waals surface area (Å²) in [5.74, 6) is 0.610. The van der Waals surface area contributed by atoms with E-state index in [1.807, 2.05) is 0 Å². The second-order valence-electron chi connectivity index (χ2n) is 5.67. The average molecular weight is 344 g/mol. The van der Waals surface area contributed by atoms with Gasteiger partial charge in [-0.1, -0.05) is 37.3 Å². The van der Waals surface area contributed by atoms with E-state index >= 15 is 0 Å². The van der Waals surface area contributed by atoms with Gasteiger partial charge in [-0.05, 0) is 18.4 Å². The minimum Gasteiger partial charge on any atom is -0.490 e. The summed E-state index contributed by atoms with van der Waals surface area (Å²) in [6.45, 7) is 1.80. The zero-order valence-electron chi connectivity index (χ0n) is 14.2. The van der Waals surface area contributed by atoms with Gasteiger partial charge in [-0.25, -0.2) is 9.59 Å². The molecule has 0 aliphatic carbocycles. The molecular formula is C18H20N2O5. The molecule has 1 aliphatic rings. The van der Waals surface area contributed by atoms with Crippen LogP contribution in [0.1, 0.15) is 31.7 Å². The molecule has 0 spiro atoms. The molecule has 1 saturated heterocycles. The minimum atomic E-state index is -1.43. The second kappa shape index (κ2) is 7.77. The number of carbonyl (C=O) groups excluding carboxylic acids is 4. The predicted octanol–water partition coefficient (Wildman–Crippen LogP) is 1.55. The van der Waals surface area contributed by atoms with E-state index in [2.05, 4.69) is 5.32 Å². The highest BCUT2D eigenvalue weighted by Crippen LogP contribution is 2.33. The van der Waals surface area contributed by atoms with Crippen molar-refractivity contribution in [3.05, 3.63) is 41.7 Å². The van der Waals surface area contributed by atoms with Gasteiger partial charge < -0.3 is 4.74 Å². The number of barbiturate groups is 1. The van der Waals surface area contributed by atoms with E-state index in [1.165, 1.54) is 7.11 Å². The van der Waals surface area contributed by atoms with Gasteiger partial charge in [-0.15, -0.1) is 0 Å². The van der Waals surface area contributed by atoms with Crippen LogP contribution in [0.25, 0.3) is 0 Å². The van der Waals surface area contributed by atoms with Crippen molar-refractivity contribution in [2.24, 2.45) is 0 Å². The van der Waals surface area contributed by atoms with Gasteiger partial charge >= 0.3 is 6.03 Å². The first-order valence-corrected chi connectivity index (χ1v) is 8.02. The van der Waals surface area contributed by atoms with E-state index in [0.717, 1.165) is 4.90 Å². The van der Waals surface area contributed by atoms with E-state index in [0.29, 0.717) is 12.0 Å². The number of allylic oxidation sites excluding steroid dienone is 1. The summed E-state index contributed by atoms with van der Waals surface area (Å²) >= 11 is 0. The number of hydrogen-bond acceptors (Lipinski definition) is 5. The summed E-state index contributed by atoms with van der Waals surface area (Å²) in [5, 5.41) is 2.28. The molecule has 0 bridgehead atoms. The number of benzene rings is 1. The van der Waals surface area contributed by atoms with Crippen LogP contribution >= 0.6 is 0 Å². The van der Waals surface area contributed by atoms with E-state index in [9.17, 15) is 19.2 Å². The molecule has 1 aromatic rings. The molecular weight excluding hydrogens is 324 g/mol. The smallest absolute Gasteiger partial charge is 0.330 e. The molecule has 0 saturated carbocycles. The molecule has 4 amide bonds. The number of ether oxygens (including phenoxy) is 1. The molecule has 0 aromatic heterocycles. The minimum absolute atomic E-state index is 0.0705. The molecule has 0 radical (unpaired) electrons. The normalized spacial score (nSPS) is 20.1. The molecule has 7 heteroatoms. The van der Waals surface area contributed by atoms with Crippen LogP contribution in [-0.2, 0) is 24.5 Å². The van der Waals surface area contributed by atoms with Crippen LogP contribution in [0.15, 0.2) is 36.1 Å². The Bertz CT molecular complexity index is 724. The monoisotopic (exact) mass is 344 g/mol. The van der Waals surface area contributed by atoms with Gasteiger partial charge in [0.1, 0.15) is 0 Å². The molecule has 1 aromatic carbocycles. The zero-order chi connectivity index (χ0) is 18.4. The number of rotatable bonds is 7. The highest BCUT2D eigenvalue weighted by Gasteiger charge is 2.53.